The van der Waals surface area contributed by atoms with Crippen LogP contribution in [0.25, 0.3) is 11.4 Å². The number of nitrogens with zero attached hydrogens (tertiary/aromatic N) is 3. The molecule has 1 aromatic heterocycles. The van der Waals surface area contributed by atoms with Crippen LogP contribution in [-0.4, -0.2) is 64.2 Å². The van der Waals surface area contributed by atoms with Crippen LogP contribution in [0.1, 0.15) is 5.56 Å². The summed E-state index contributed by atoms with van der Waals surface area (Å²) in [6.45, 7) is 3.39. The van der Waals surface area contributed by atoms with E-state index in [2.05, 4.69) is 31.3 Å². The highest BCUT2D eigenvalue weighted by molar-refractivity contribution is 5.54. The molecule has 0 aliphatic carbocycles. The van der Waals surface area contributed by atoms with Crippen molar-refractivity contribution in [2.24, 2.45) is 0 Å². The summed E-state index contributed by atoms with van der Waals surface area (Å²) in [6.07, 6.45) is 0. The summed E-state index contributed by atoms with van der Waals surface area (Å²) in [4.78, 5) is 0. The second-order valence-electron chi connectivity index (χ2n) is 5.49. The predicted molar refractivity (Wildman–Crippen MR) is 80.0 cm³/mol. The van der Waals surface area contributed by atoms with Crippen LogP contribution in [0.15, 0.2) is 24.3 Å². The van der Waals surface area contributed by atoms with Gasteiger partial charge in [0.05, 0.1) is 13.2 Å². The van der Waals surface area contributed by atoms with Crippen LogP contribution in [0.3, 0.4) is 0 Å². The molecule has 0 radical (unpaired) electrons. The number of hydrogen-bond acceptors (Lipinski definition) is 7. The SMILES string of the molecule is O[C@@]1(CNCc2cccc(-c3nn[nH]n3)c2)CNCCOC1. The van der Waals surface area contributed by atoms with Crippen LogP contribution < -0.4 is 10.6 Å². The maximum atomic E-state index is 10.5. The van der Waals surface area contributed by atoms with Gasteiger partial charge in [0.2, 0.25) is 5.82 Å². The number of aromatic nitrogens is 4. The fourth-order valence-electron chi connectivity index (χ4n) is 2.44. The molecule has 0 spiro atoms. The van der Waals surface area contributed by atoms with Gasteiger partial charge in [0.25, 0.3) is 0 Å². The largest absolute Gasteiger partial charge is 0.385 e. The van der Waals surface area contributed by atoms with Gasteiger partial charge in [0.15, 0.2) is 0 Å². The van der Waals surface area contributed by atoms with Crippen molar-refractivity contribution in [1.82, 2.24) is 31.3 Å². The van der Waals surface area contributed by atoms with Gasteiger partial charge in [-0.2, -0.15) is 5.21 Å². The Balaban J connectivity index is 1.56. The van der Waals surface area contributed by atoms with Crippen LogP contribution >= 0.6 is 0 Å². The summed E-state index contributed by atoms with van der Waals surface area (Å²) in [5.74, 6) is 0.571. The number of aromatic amines is 1. The number of H-pyrrole nitrogens is 1. The number of tetrazole rings is 1. The van der Waals surface area contributed by atoms with E-state index >= 15 is 0 Å². The maximum Gasteiger partial charge on any atom is 0.204 e. The Labute approximate surface area is 128 Å². The minimum absolute atomic E-state index is 0.343. The van der Waals surface area contributed by atoms with Crippen LogP contribution in [0.5, 0.6) is 0 Å². The van der Waals surface area contributed by atoms with Crippen molar-refractivity contribution < 1.29 is 9.84 Å². The maximum absolute atomic E-state index is 10.5. The summed E-state index contributed by atoms with van der Waals surface area (Å²) >= 11 is 0. The van der Waals surface area contributed by atoms with Crippen molar-refractivity contribution >= 4 is 0 Å². The van der Waals surface area contributed by atoms with E-state index in [1.165, 1.54) is 0 Å². The van der Waals surface area contributed by atoms with E-state index in [4.69, 9.17) is 4.74 Å². The number of aliphatic hydroxyl groups is 1. The van der Waals surface area contributed by atoms with Gasteiger partial charge in [-0.05, 0) is 16.8 Å². The van der Waals surface area contributed by atoms with Gasteiger partial charge in [0, 0.05) is 31.7 Å². The standard InChI is InChI=1S/C14H20N6O2/c21-14(8-15-4-5-22-10-14)9-16-7-11-2-1-3-12(6-11)13-17-19-20-18-13/h1-3,6,15-16,21H,4-5,7-10H2,(H,17,18,19,20)/t14-/m1/s1. The van der Waals surface area contributed by atoms with Gasteiger partial charge < -0.3 is 20.5 Å². The highest BCUT2D eigenvalue weighted by Crippen LogP contribution is 2.15. The molecular weight excluding hydrogens is 284 g/mol. The molecule has 1 aromatic carbocycles. The zero-order valence-electron chi connectivity index (χ0n) is 12.2. The van der Waals surface area contributed by atoms with E-state index in [1.807, 2.05) is 24.3 Å². The van der Waals surface area contributed by atoms with Crippen LogP contribution in [0.2, 0.25) is 0 Å². The normalized spacial score (nSPS) is 22.4. The molecule has 0 bridgehead atoms. The molecule has 3 rings (SSSR count). The molecule has 0 unspecified atom stereocenters. The van der Waals surface area contributed by atoms with Gasteiger partial charge in [-0.15, -0.1) is 10.2 Å². The summed E-state index contributed by atoms with van der Waals surface area (Å²) in [7, 11) is 0. The molecule has 8 heteroatoms. The summed E-state index contributed by atoms with van der Waals surface area (Å²) in [5.41, 5.74) is 1.13. The Bertz CT molecular complexity index is 581. The molecule has 118 valence electrons. The van der Waals surface area contributed by atoms with Crippen LogP contribution in [0.4, 0.5) is 0 Å². The summed E-state index contributed by atoms with van der Waals surface area (Å²) < 4.78 is 5.40. The second kappa shape index (κ2) is 6.93. The van der Waals surface area contributed by atoms with Gasteiger partial charge >= 0.3 is 0 Å². The Kier molecular flexibility index (Phi) is 4.74. The average molecular weight is 304 g/mol. The third-order valence-corrected chi connectivity index (χ3v) is 3.56. The topological polar surface area (TPSA) is 108 Å². The Hall–Kier alpha value is -1.87. The van der Waals surface area contributed by atoms with Gasteiger partial charge in [-0.3, -0.25) is 0 Å². The number of hydrogen-bond donors (Lipinski definition) is 4. The van der Waals surface area contributed by atoms with E-state index in [1.54, 1.807) is 0 Å². The number of nitrogens with one attached hydrogen (secondary N) is 3. The van der Waals surface area contributed by atoms with E-state index in [0.717, 1.165) is 17.7 Å². The van der Waals surface area contributed by atoms with Crippen molar-refractivity contribution in [2.75, 3.05) is 32.8 Å². The molecular formula is C14H20N6O2. The Morgan fingerprint density at radius 2 is 2.36 bits per heavy atom. The molecule has 1 aliphatic heterocycles. The van der Waals surface area contributed by atoms with E-state index in [0.29, 0.717) is 38.7 Å². The highest BCUT2D eigenvalue weighted by Gasteiger charge is 2.28. The fraction of sp³-hybridized carbons (Fsp3) is 0.500. The number of β-amino-alcohol motifs (C(OH)–C–C–N with tert-alkyl or cyclic N) is 1. The quantitative estimate of drug-likeness (QED) is 0.579. The lowest BCUT2D eigenvalue weighted by molar-refractivity contribution is -0.0264. The predicted octanol–water partition coefficient (Wildman–Crippen LogP) is -0.693. The van der Waals surface area contributed by atoms with Gasteiger partial charge in [-0.1, -0.05) is 18.2 Å². The first-order valence-electron chi connectivity index (χ1n) is 7.30. The van der Waals surface area contributed by atoms with Crippen molar-refractivity contribution in [1.29, 1.82) is 0 Å². The van der Waals surface area contributed by atoms with Crippen LogP contribution in [-0.2, 0) is 11.3 Å². The van der Waals surface area contributed by atoms with Crippen molar-refractivity contribution in [3.05, 3.63) is 29.8 Å². The molecule has 0 amide bonds. The second-order valence-corrected chi connectivity index (χ2v) is 5.49. The molecule has 2 aromatic rings. The molecule has 1 fully saturated rings. The van der Waals surface area contributed by atoms with E-state index in [-0.39, 0.29) is 0 Å². The first-order valence-corrected chi connectivity index (χ1v) is 7.30. The molecule has 8 nitrogen and oxygen atoms in total. The molecule has 2 heterocycles. The summed E-state index contributed by atoms with van der Waals surface area (Å²) in [5, 5.41) is 30.9. The zero-order chi connectivity index (χ0) is 15.3. The number of rotatable bonds is 5. The third-order valence-electron chi connectivity index (χ3n) is 3.56. The molecule has 1 saturated heterocycles. The monoisotopic (exact) mass is 304 g/mol. The molecule has 0 saturated carbocycles. The van der Waals surface area contributed by atoms with E-state index in [9.17, 15) is 5.11 Å². The van der Waals surface area contributed by atoms with Gasteiger partial charge in [0.1, 0.15) is 5.60 Å². The highest BCUT2D eigenvalue weighted by atomic mass is 16.5. The Morgan fingerprint density at radius 3 is 3.23 bits per heavy atom. The fourth-order valence-corrected chi connectivity index (χ4v) is 2.44. The smallest absolute Gasteiger partial charge is 0.204 e. The Morgan fingerprint density at radius 1 is 1.41 bits per heavy atom. The van der Waals surface area contributed by atoms with Crippen molar-refractivity contribution in [2.45, 2.75) is 12.1 Å². The molecule has 22 heavy (non-hydrogen) atoms. The summed E-state index contributed by atoms with van der Waals surface area (Å²) in [6, 6.07) is 7.91. The van der Waals surface area contributed by atoms with Gasteiger partial charge in [-0.25, -0.2) is 0 Å². The number of benzene rings is 1. The first-order chi connectivity index (χ1) is 10.8. The minimum Gasteiger partial charge on any atom is -0.385 e. The van der Waals surface area contributed by atoms with Crippen LogP contribution in [0, 0.1) is 0 Å². The zero-order valence-corrected chi connectivity index (χ0v) is 12.2. The van der Waals surface area contributed by atoms with E-state index < -0.39 is 5.60 Å². The molecule has 4 N–H and O–H groups in total. The lowest BCUT2D eigenvalue weighted by Crippen LogP contribution is -2.50. The number of ether oxygens (including phenoxy) is 1. The molecule has 1 atom stereocenters. The van der Waals surface area contributed by atoms with Crippen molar-refractivity contribution in [3.63, 3.8) is 0 Å². The molecule has 1 aliphatic rings. The lowest BCUT2D eigenvalue weighted by Gasteiger charge is -2.26. The average Bonchev–Trinajstić information content (AvgIpc) is 2.98. The third kappa shape index (κ3) is 3.86. The first kappa shape index (κ1) is 15.0. The van der Waals surface area contributed by atoms with Crippen molar-refractivity contribution in [3.8, 4) is 11.4 Å². The minimum atomic E-state index is -0.873. The lowest BCUT2D eigenvalue weighted by atomic mass is 10.1.